The third kappa shape index (κ3) is 9.57. The van der Waals surface area contributed by atoms with Crippen molar-refractivity contribution in [1.82, 2.24) is 25.1 Å². The van der Waals surface area contributed by atoms with Crippen LogP contribution in [0.3, 0.4) is 0 Å². The van der Waals surface area contributed by atoms with Crippen LogP contribution in [0, 0.1) is 22.5 Å². The van der Waals surface area contributed by atoms with Crippen molar-refractivity contribution in [3.63, 3.8) is 0 Å². The van der Waals surface area contributed by atoms with Crippen molar-refractivity contribution in [3.05, 3.63) is 66.1 Å². The summed E-state index contributed by atoms with van der Waals surface area (Å²) in [5.41, 5.74) is -0.629. The van der Waals surface area contributed by atoms with Gasteiger partial charge in [0.15, 0.2) is 17.5 Å². The summed E-state index contributed by atoms with van der Waals surface area (Å²) in [4.78, 5) is 43.2. The lowest BCUT2D eigenvalue weighted by Gasteiger charge is -2.61. The van der Waals surface area contributed by atoms with Gasteiger partial charge in [-0.05, 0) is 54.4 Å². The number of ether oxygens (including phenoxy) is 1. The van der Waals surface area contributed by atoms with Crippen LogP contribution in [0.2, 0.25) is 0 Å². The number of fused-ring (bicyclic) bond motifs is 1. The molecule has 0 bridgehead atoms. The van der Waals surface area contributed by atoms with Crippen molar-refractivity contribution in [2.45, 2.75) is 91.6 Å². The van der Waals surface area contributed by atoms with Gasteiger partial charge < -0.3 is 25.2 Å². The maximum absolute atomic E-state index is 14.0. The van der Waals surface area contributed by atoms with Gasteiger partial charge in [0.25, 0.3) is 0 Å². The van der Waals surface area contributed by atoms with Crippen LogP contribution in [0.5, 0.6) is 5.75 Å². The monoisotopic (exact) mass is 757 g/mol. The lowest BCUT2D eigenvalue weighted by molar-refractivity contribution is -0.134. The number of amides is 1. The largest absolute Gasteiger partial charge is 0.493 e. The van der Waals surface area contributed by atoms with E-state index in [1.807, 2.05) is 18.2 Å². The molecule has 5 N–H and O–H groups in total. The maximum Gasteiger partial charge on any atom is 0.469 e. The van der Waals surface area contributed by atoms with E-state index < -0.39 is 30.9 Å². The lowest BCUT2D eigenvalue weighted by Crippen LogP contribution is -2.69. The fourth-order valence-electron chi connectivity index (χ4n) is 7.84. The number of phosphoric acid groups is 1. The predicted octanol–water partition coefficient (Wildman–Crippen LogP) is 7.51. The summed E-state index contributed by atoms with van der Waals surface area (Å²) in [6, 6.07) is 10.9. The second-order valence-corrected chi connectivity index (χ2v) is 16.8. The van der Waals surface area contributed by atoms with Crippen LogP contribution < -0.4 is 15.4 Å². The highest BCUT2D eigenvalue weighted by Crippen LogP contribution is 2.53. The van der Waals surface area contributed by atoms with E-state index in [2.05, 4.69) is 77.2 Å². The predicted molar refractivity (Wildman–Crippen MR) is 199 cm³/mol. The Morgan fingerprint density at radius 1 is 1.04 bits per heavy atom. The molecule has 1 aliphatic rings. The van der Waals surface area contributed by atoms with Crippen LogP contribution in [0.4, 0.5) is 26.1 Å². The normalized spacial score (nSPS) is 14.6. The van der Waals surface area contributed by atoms with Crippen LogP contribution in [0.25, 0.3) is 10.9 Å². The summed E-state index contributed by atoms with van der Waals surface area (Å²) in [6.07, 6.45) is 6.18. The number of hydrogen-bond acceptors (Lipinski definition) is 9. The first-order valence-corrected chi connectivity index (χ1v) is 19.3. The Kier molecular flexibility index (Phi) is 12.2. The van der Waals surface area contributed by atoms with E-state index in [0.717, 1.165) is 31.7 Å². The molecule has 0 unspecified atom stereocenters. The third-order valence-electron chi connectivity index (χ3n) is 10.1. The van der Waals surface area contributed by atoms with Crippen molar-refractivity contribution in [2.75, 3.05) is 30.4 Å². The second kappa shape index (κ2) is 16.2. The first-order valence-electron chi connectivity index (χ1n) is 17.8. The number of phosphoric ester groups is 1. The van der Waals surface area contributed by atoms with Gasteiger partial charge in [0, 0.05) is 35.8 Å². The van der Waals surface area contributed by atoms with Crippen molar-refractivity contribution in [3.8, 4) is 5.75 Å². The zero-order valence-electron chi connectivity index (χ0n) is 31.1. The Balaban J connectivity index is 1.24. The van der Waals surface area contributed by atoms with Crippen molar-refractivity contribution in [1.29, 1.82) is 0 Å². The van der Waals surface area contributed by atoms with E-state index in [1.54, 1.807) is 6.07 Å². The molecule has 0 atom stereocenters. The van der Waals surface area contributed by atoms with Gasteiger partial charge in [-0.25, -0.2) is 23.3 Å². The summed E-state index contributed by atoms with van der Waals surface area (Å²) in [7, 11) is -4.71. The van der Waals surface area contributed by atoms with Crippen molar-refractivity contribution >= 4 is 42.0 Å². The fourth-order valence-corrected chi connectivity index (χ4v) is 8.19. The average Bonchev–Trinajstić information content (AvgIpc) is 3.75. The minimum Gasteiger partial charge on any atom is -0.493 e. The van der Waals surface area contributed by atoms with Gasteiger partial charge in [0.2, 0.25) is 5.91 Å². The topological polar surface area (TPSA) is 175 Å². The molecule has 5 rings (SSSR count). The van der Waals surface area contributed by atoms with E-state index >= 15 is 0 Å². The number of nitrogens with one attached hydrogen (secondary N) is 3. The molecule has 1 saturated carbocycles. The first kappa shape index (κ1) is 40.2. The van der Waals surface area contributed by atoms with Crippen LogP contribution in [-0.4, -0.2) is 72.1 Å². The molecule has 1 amide bonds. The van der Waals surface area contributed by atoms with Gasteiger partial charge in [-0.2, -0.15) is 5.10 Å². The van der Waals surface area contributed by atoms with E-state index in [4.69, 9.17) is 9.26 Å². The highest BCUT2D eigenvalue weighted by molar-refractivity contribution is 7.46. The summed E-state index contributed by atoms with van der Waals surface area (Å²) >= 11 is 0. The van der Waals surface area contributed by atoms with E-state index in [-0.39, 0.29) is 35.6 Å². The van der Waals surface area contributed by atoms with E-state index in [9.17, 15) is 27.9 Å². The Morgan fingerprint density at radius 3 is 2.43 bits per heavy atom. The van der Waals surface area contributed by atoms with Gasteiger partial charge in [0.05, 0.1) is 36.4 Å². The molecule has 16 heteroatoms. The molecule has 2 aromatic carbocycles. The number of aromatic amines is 1. The molecular formula is C37H50F2N7O6P. The number of halogens is 2. The number of H-pyrrole nitrogens is 1. The summed E-state index contributed by atoms with van der Waals surface area (Å²) in [5.74, 6) is -1.23. The number of carbonyl (C=O) groups excluding carboxylic acids is 1. The minimum absolute atomic E-state index is 0.102. The molecule has 1 aliphatic carbocycles. The Morgan fingerprint density at radius 2 is 1.75 bits per heavy atom. The number of carbonyl (C=O) groups is 1. The van der Waals surface area contributed by atoms with Gasteiger partial charge >= 0.3 is 7.82 Å². The Bertz CT molecular complexity index is 1920. The van der Waals surface area contributed by atoms with Gasteiger partial charge in [-0.1, -0.05) is 60.5 Å². The average molecular weight is 758 g/mol. The van der Waals surface area contributed by atoms with Crippen LogP contribution in [-0.2, 0) is 20.3 Å². The number of benzene rings is 2. The standard InChI is InChI=1S/C37H50F2N7O6P/c1-35(2,3)37(36(4,5)6,22-52-53(48,49)50)46(25-11-7-8-12-25)17-10-18-51-26-15-16-27-30(21-26)40-23-41-34(27)43-31-19-24(44-45-31)20-32(47)42-29-14-9-13-28(38)33(29)39/h9,13-16,19,21,23,25H,7-8,10-12,17-18,20,22H2,1-6H3,(H,42,47)(H2,48,49,50)(H2,40,41,43,44,45). The highest BCUT2D eigenvalue weighted by Gasteiger charge is 2.57. The fraction of sp³-hybridized carbons (Fsp3) is 0.514. The molecule has 288 valence electrons. The Labute approximate surface area is 308 Å². The van der Waals surface area contributed by atoms with Crippen molar-refractivity contribution < 1.29 is 37.2 Å². The molecule has 0 radical (unpaired) electrons. The number of rotatable bonds is 15. The van der Waals surface area contributed by atoms with Crippen molar-refractivity contribution in [2.24, 2.45) is 10.8 Å². The van der Waals surface area contributed by atoms with Crippen LogP contribution >= 0.6 is 7.82 Å². The molecule has 0 saturated heterocycles. The van der Waals surface area contributed by atoms with Crippen LogP contribution in [0.15, 0.2) is 48.8 Å². The first-order chi connectivity index (χ1) is 24.9. The third-order valence-corrected chi connectivity index (χ3v) is 10.5. The summed E-state index contributed by atoms with van der Waals surface area (Å²) < 4.78 is 51.0. The van der Waals surface area contributed by atoms with Crippen LogP contribution in [0.1, 0.15) is 79.3 Å². The maximum atomic E-state index is 14.0. The molecule has 53 heavy (non-hydrogen) atoms. The SMILES string of the molecule is CC(C)(C)C(COP(=O)(O)O)(N(CCCOc1ccc2c(Nc3cc(CC(=O)Nc4cccc(F)c4F)[nH]n3)ncnc2c1)C1CCCC1)C(C)(C)C. The second-order valence-electron chi connectivity index (χ2n) is 15.6. The molecule has 0 aliphatic heterocycles. The van der Waals surface area contributed by atoms with E-state index in [1.165, 1.54) is 18.5 Å². The molecule has 2 aromatic heterocycles. The summed E-state index contributed by atoms with van der Waals surface area (Å²) in [6.45, 7) is 13.6. The quantitative estimate of drug-likeness (QED) is 0.0600. The van der Waals surface area contributed by atoms with Gasteiger partial charge in [-0.3, -0.25) is 19.3 Å². The highest BCUT2D eigenvalue weighted by atomic mass is 31.2. The molecule has 0 spiro atoms. The zero-order chi connectivity index (χ0) is 38.6. The molecule has 1 fully saturated rings. The minimum atomic E-state index is -4.71. The molecule has 13 nitrogen and oxygen atoms in total. The van der Waals surface area contributed by atoms with Gasteiger partial charge in [0.1, 0.15) is 17.9 Å². The number of aromatic nitrogens is 4. The molecular weight excluding hydrogens is 707 g/mol. The molecule has 2 heterocycles. The number of hydrogen-bond donors (Lipinski definition) is 5. The zero-order valence-corrected chi connectivity index (χ0v) is 32.0. The van der Waals surface area contributed by atoms with E-state index in [0.29, 0.717) is 53.6 Å². The number of nitrogens with zero attached hydrogens (tertiary/aromatic N) is 4. The molecule has 4 aromatic rings. The number of anilines is 3. The summed E-state index contributed by atoms with van der Waals surface area (Å²) in [5, 5.41) is 13.2. The van der Waals surface area contributed by atoms with Gasteiger partial charge in [-0.15, -0.1) is 0 Å². The Hall–Kier alpha value is -4.01. The lowest BCUT2D eigenvalue weighted by atomic mass is 9.59. The smallest absolute Gasteiger partial charge is 0.469 e.